The second-order valence-corrected chi connectivity index (χ2v) is 8.75. The number of ether oxygens (including phenoxy) is 2. The molecule has 0 spiro atoms. The summed E-state index contributed by atoms with van der Waals surface area (Å²) in [5.41, 5.74) is 1.88. The molecule has 0 saturated carbocycles. The van der Waals surface area contributed by atoms with E-state index in [1.807, 2.05) is 26.0 Å². The monoisotopic (exact) mass is 362 g/mol. The molecule has 0 N–H and O–H groups in total. The van der Waals surface area contributed by atoms with Crippen LogP contribution in [0.5, 0.6) is 0 Å². The van der Waals surface area contributed by atoms with Gasteiger partial charge in [-0.05, 0) is 61.6 Å². The number of carbonyl (C=O) groups excluding carboxylic acids is 1. The summed E-state index contributed by atoms with van der Waals surface area (Å²) < 4.78 is 11.4. The van der Waals surface area contributed by atoms with Gasteiger partial charge in [0.25, 0.3) is 0 Å². The van der Waals surface area contributed by atoms with Crippen molar-refractivity contribution in [3.05, 3.63) is 35.4 Å². The molecule has 0 aliphatic rings. The highest BCUT2D eigenvalue weighted by Crippen LogP contribution is 2.31. The molecule has 148 valence electrons. The van der Waals surface area contributed by atoms with E-state index in [1.165, 1.54) is 5.56 Å². The van der Waals surface area contributed by atoms with Gasteiger partial charge in [-0.15, -0.1) is 0 Å². The highest BCUT2D eigenvalue weighted by atomic mass is 16.7. The Morgan fingerprint density at radius 3 is 1.81 bits per heavy atom. The van der Waals surface area contributed by atoms with Crippen molar-refractivity contribution < 1.29 is 14.3 Å². The Kier molecular flexibility index (Phi) is 9.35. The number of esters is 1. The predicted octanol–water partition coefficient (Wildman–Crippen LogP) is 6.43. The number of carbonyl (C=O) groups is 1. The second-order valence-electron chi connectivity index (χ2n) is 8.75. The van der Waals surface area contributed by atoms with Crippen LogP contribution in [-0.2, 0) is 9.47 Å². The van der Waals surface area contributed by atoms with Crippen molar-refractivity contribution >= 4 is 5.97 Å². The first-order valence-electron chi connectivity index (χ1n) is 10.1. The maximum atomic E-state index is 12.5. The quantitative estimate of drug-likeness (QED) is 0.355. The van der Waals surface area contributed by atoms with E-state index < -0.39 is 6.29 Å². The van der Waals surface area contributed by atoms with Crippen LogP contribution in [0.3, 0.4) is 0 Å². The van der Waals surface area contributed by atoms with Gasteiger partial charge in [-0.25, -0.2) is 4.79 Å². The molecule has 1 rings (SSSR count). The van der Waals surface area contributed by atoms with Crippen LogP contribution in [0.15, 0.2) is 24.3 Å². The summed E-state index contributed by atoms with van der Waals surface area (Å²) in [6.07, 6.45) is 1.38. The smallest absolute Gasteiger partial charge is 0.340 e. The van der Waals surface area contributed by atoms with Crippen molar-refractivity contribution in [3.8, 4) is 0 Å². The minimum atomic E-state index is -0.494. The van der Waals surface area contributed by atoms with Crippen molar-refractivity contribution in [2.24, 2.45) is 17.8 Å². The largest absolute Gasteiger partial charge is 0.432 e. The molecular formula is C23H38O3. The van der Waals surface area contributed by atoms with E-state index in [2.05, 4.69) is 53.7 Å². The summed E-state index contributed by atoms with van der Waals surface area (Å²) in [5.74, 6) is 1.82. The molecule has 1 aromatic carbocycles. The molecule has 0 aliphatic carbocycles. The Balaban J connectivity index is 2.83. The SMILES string of the molecule is CC(C)CC(OC(=O)c1ccc(C(CC(C)C)C(C)C)cc1)OC(C)C. The lowest BCUT2D eigenvalue weighted by Crippen LogP contribution is -2.26. The molecule has 3 heteroatoms. The van der Waals surface area contributed by atoms with Gasteiger partial charge in [0.15, 0.2) is 0 Å². The molecule has 0 heterocycles. The zero-order valence-corrected chi connectivity index (χ0v) is 17.9. The summed E-state index contributed by atoms with van der Waals surface area (Å²) in [6, 6.07) is 7.92. The Labute approximate surface area is 160 Å². The summed E-state index contributed by atoms with van der Waals surface area (Å²) in [7, 11) is 0. The van der Waals surface area contributed by atoms with Crippen LogP contribution in [0.2, 0.25) is 0 Å². The van der Waals surface area contributed by atoms with E-state index in [0.29, 0.717) is 35.7 Å². The third-order valence-corrected chi connectivity index (χ3v) is 4.43. The van der Waals surface area contributed by atoms with Crippen molar-refractivity contribution in [2.75, 3.05) is 0 Å². The van der Waals surface area contributed by atoms with Crippen LogP contribution in [-0.4, -0.2) is 18.4 Å². The molecule has 0 aromatic heterocycles. The molecule has 0 radical (unpaired) electrons. The Morgan fingerprint density at radius 1 is 0.846 bits per heavy atom. The first-order chi connectivity index (χ1) is 12.1. The normalized spacial score (nSPS) is 14.3. The zero-order chi connectivity index (χ0) is 19.9. The molecule has 2 unspecified atom stereocenters. The van der Waals surface area contributed by atoms with Crippen molar-refractivity contribution in [1.82, 2.24) is 0 Å². The van der Waals surface area contributed by atoms with Gasteiger partial charge >= 0.3 is 5.97 Å². The Bertz CT molecular complexity index is 519. The van der Waals surface area contributed by atoms with Gasteiger partial charge in [0.05, 0.1) is 11.7 Å². The maximum Gasteiger partial charge on any atom is 0.340 e. The van der Waals surface area contributed by atoms with E-state index in [1.54, 1.807) is 0 Å². The average Bonchev–Trinajstić information content (AvgIpc) is 2.51. The van der Waals surface area contributed by atoms with Gasteiger partial charge in [-0.1, -0.05) is 53.7 Å². The van der Waals surface area contributed by atoms with Gasteiger partial charge in [-0.3, -0.25) is 0 Å². The molecule has 2 atom stereocenters. The predicted molar refractivity (Wildman–Crippen MR) is 108 cm³/mol. The van der Waals surface area contributed by atoms with Crippen LogP contribution in [0.4, 0.5) is 0 Å². The van der Waals surface area contributed by atoms with Crippen molar-refractivity contribution in [1.29, 1.82) is 0 Å². The van der Waals surface area contributed by atoms with Crippen LogP contribution >= 0.6 is 0 Å². The molecule has 1 aromatic rings. The fraction of sp³-hybridized carbons (Fsp3) is 0.696. The third-order valence-electron chi connectivity index (χ3n) is 4.43. The van der Waals surface area contributed by atoms with Crippen LogP contribution in [0, 0.1) is 17.8 Å². The van der Waals surface area contributed by atoms with Gasteiger partial charge in [0.2, 0.25) is 6.29 Å². The van der Waals surface area contributed by atoms with E-state index in [-0.39, 0.29) is 12.1 Å². The number of hydrogen-bond donors (Lipinski definition) is 0. The van der Waals surface area contributed by atoms with Crippen molar-refractivity contribution in [3.63, 3.8) is 0 Å². The van der Waals surface area contributed by atoms with E-state index >= 15 is 0 Å². The van der Waals surface area contributed by atoms with Crippen LogP contribution < -0.4 is 0 Å². The second kappa shape index (κ2) is 10.7. The molecule has 0 fully saturated rings. The van der Waals surface area contributed by atoms with Crippen LogP contribution in [0.25, 0.3) is 0 Å². The van der Waals surface area contributed by atoms with Crippen molar-refractivity contribution in [2.45, 2.75) is 86.5 Å². The lowest BCUT2D eigenvalue weighted by Gasteiger charge is -2.24. The summed E-state index contributed by atoms with van der Waals surface area (Å²) >= 11 is 0. The molecule has 3 nitrogen and oxygen atoms in total. The molecular weight excluding hydrogens is 324 g/mol. The average molecular weight is 363 g/mol. The number of benzene rings is 1. The Hall–Kier alpha value is -1.35. The van der Waals surface area contributed by atoms with Gasteiger partial charge in [0.1, 0.15) is 0 Å². The van der Waals surface area contributed by atoms with Gasteiger partial charge in [-0.2, -0.15) is 0 Å². The fourth-order valence-corrected chi connectivity index (χ4v) is 3.17. The summed E-state index contributed by atoms with van der Waals surface area (Å²) in [4.78, 5) is 12.5. The number of rotatable bonds is 10. The molecule has 0 amide bonds. The Morgan fingerprint density at radius 2 is 1.38 bits per heavy atom. The first-order valence-corrected chi connectivity index (χ1v) is 10.1. The van der Waals surface area contributed by atoms with E-state index in [4.69, 9.17) is 9.47 Å². The minimum absolute atomic E-state index is 0.0248. The summed E-state index contributed by atoms with van der Waals surface area (Å²) in [6.45, 7) is 17.1. The molecule has 0 aliphatic heterocycles. The minimum Gasteiger partial charge on any atom is -0.432 e. The first kappa shape index (κ1) is 22.7. The third kappa shape index (κ3) is 7.90. The lowest BCUT2D eigenvalue weighted by atomic mass is 9.82. The molecule has 0 bridgehead atoms. The van der Waals surface area contributed by atoms with Gasteiger partial charge in [0, 0.05) is 6.42 Å². The summed E-state index contributed by atoms with van der Waals surface area (Å²) in [5, 5.41) is 0. The molecule has 26 heavy (non-hydrogen) atoms. The maximum absolute atomic E-state index is 12.5. The lowest BCUT2D eigenvalue weighted by molar-refractivity contribution is -0.139. The molecule has 0 saturated heterocycles. The zero-order valence-electron chi connectivity index (χ0n) is 17.9. The standard InChI is InChI=1S/C23H38O3/c1-15(2)13-21(17(5)6)19-9-11-20(12-10-19)23(24)26-22(14-16(3)4)25-18(7)8/h9-12,15-18,21-22H,13-14H2,1-8H3. The van der Waals surface area contributed by atoms with Gasteiger partial charge < -0.3 is 9.47 Å². The van der Waals surface area contributed by atoms with E-state index in [0.717, 1.165) is 6.42 Å². The highest BCUT2D eigenvalue weighted by Gasteiger charge is 2.21. The highest BCUT2D eigenvalue weighted by molar-refractivity contribution is 5.89. The topological polar surface area (TPSA) is 35.5 Å². The fourth-order valence-electron chi connectivity index (χ4n) is 3.17. The van der Waals surface area contributed by atoms with Crippen LogP contribution in [0.1, 0.15) is 90.1 Å². The number of hydrogen-bond acceptors (Lipinski definition) is 3. The van der Waals surface area contributed by atoms with E-state index in [9.17, 15) is 4.79 Å².